The molecule has 1 aromatic rings. The van der Waals surface area contributed by atoms with Crippen molar-refractivity contribution < 1.29 is 9.59 Å². The lowest BCUT2D eigenvalue weighted by molar-refractivity contribution is -0.133. The predicted molar refractivity (Wildman–Crippen MR) is 133 cm³/mol. The Morgan fingerprint density at radius 2 is 1.82 bits per heavy atom. The Morgan fingerprint density at radius 3 is 2.45 bits per heavy atom. The van der Waals surface area contributed by atoms with Crippen molar-refractivity contribution in [3.05, 3.63) is 41.1 Å². The van der Waals surface area contributed by atoms with Gasteiger partial charge in [0.05, 0.1) is 6.54 Å². The van der Waals surface area contributed by atoms with Crippen LogP contribution in [0.4, 0.5) is 5.69 Å². The normalized spacial score (nSPS) is 24.2. The van der Waals surface area contributed by atoms with E-state index in [2.05, 4.69) is 33.0 Å². The second-order valence-corrected chi connectivity index (χ2v) is 11.1. The Balaban J connectivity index is 1.74. The van der Waals surface area contributed by atoms with Gasteiger partial charge < -0.3 is 5.32 Å². The molecule has 0 spiro atoms. The number of rotatable bonds is 3. The van der Waals surface area contributed by atoms with Gasteiger partial charge in [-0.15, -0.1) is 0 Å². The molecule has 1 aliphatic carbocycles. The molecule has 4 rings (SSSR count). The molecule has 0 radical (unpaired) electrons. The maximum atomic E-state index is 13.9. The molecule has 0 aromatic heterocycles. The minimum Gasteiger partial charge on any atom is -0.351 e. The van der Waals surface area contributed by atoms with E-state index in [9.17, 15) is 9.59 Å². The molecular weight excluding hydrogens is 412 g/mol. The average molecular weight is 451 g/mol. The zero-order valence-electron chi connectivity index (χ0n) is 21.0. The molecule has 1 aromatic carbocycles. The van der Waals surface area contributed by atoms with Gasteiger partial charge >= 0.3 is 0 Å². The van der Waals surface area contributed by atoms with Gasteiger partial charge in [0.25, 0.3) is 5.91 Å². The van der Waals surface area contributed by atoms with Gasteiger partial charge in [0.1, 0.15) is 11.2 Å². The lowest BCUT2D eigenvalue weighted by Crippen LogP contribution is -2.69. The second kappa shape index (κ2) is 8.62. The van der Waals surface area contributed by atoms with Crippen LogP contribution in [-0.2, 0) is 9.59 Å². The first kappa shape index (κ1) is 23.5. The monoisotopic (exact) mass is 450 g/mol. The predicted octanol–water partition coefficient (Wildman–Crippen LogP) is 4.85. The maximum Gasteiger partial charge on any atom is 0.277 e. The van der Waals surface area contributed by atoms with E-state index < -0.39 is 5.54 Å². The van der Waals surface area contributed by atoms with Crippen molar-refractivity contribution in [2.24, 2.45) is 10.5 Å². The molecule has 1 saturated heterocycles. The average Bonchev–Trinajstić information content (AvgIpc) is 2.76. The lowest BCUT2D eigenvalue weighted by atomic mass is 9.86. The Morgan fingerprint density at radius 1 is 1.12 bits per heavy atom. The lowest BCUT2D eigenvalue weighted by Gasteiger charge is -2.49. The van der Waals surface area contributed by atoms with Crippen molar-refractivity contribution in [1.29, 1.82) is 0 Å². The summed E-state index contributed by atoms with van der Waals surface area (Å²) in [5.74, 6) is -0.263. The Labute approximate surface area is 198 Å². The summed E-state index contributed by atoms with van der Waals surface area (Å²) >= 11 is 0. The van der Waals surface area contributed by atoms with E-state index in [4.69, 9.17) is 5.10 Å². The number of allylic oxidation sites excluding steroid dienone is 1. The van der Waals surface area contributed by atoms with Crippen LogP contribution in [-0.4, -0.2) is 40.7 Å². The van der Waals surface area contributed by atoms with Crippen molar-refractivity contribution in [3.8, 4) is 0 Å². The van der Waals surface area contributed by atoms with Crippen LogP contribution in [0.5, 0.6) is 0 Å². The molecule has 33 heavy (non-hydrogen) atoms. The summed E-state index contributed by atoms with van der Waals surface area (Å²) in [5.41, 5.74) is 3.43. The molecule has 1 atom stereocenters. The molecule has 178 valence electrons. The molecule has 1 unspecified atom stereocenters. The number of hydrazone groups is 1. The summed E-state index contributed by atoms with van der Waals surface area (Å²) in [6, 6.07) is 6.17. The number of carbonyl (C=O) groups is 2. The minimum atomic E-state index is -1.07. The van der Waals surface area contributed by atoms with Gasteiger partial charge in [0.2, 0.25) is 5.91 Å². The third kappa shape index (κ3) is 4.44. The summed E-state index contributed by atoms with van der Waals surface area (Å²) in [6.07, 6.45) is 8.12. The van der Waals surface area contributed by atoms with E-state index in [1.54, 1.807) is 9.91 Å². The Bertz CT molecular complexity index is 1010. The highest BCUT2D eigenvalue weighted by Crippen LogP contribution is 2.37. The molecule has 6 heteroatoms. The van der Waals surface area contributed by atoms with E-state index in [0.717, 1.165) is 48.2 Å². The zero-order valence-corrected chi connectivity index (χ0v) is 21.0. The van der Waals surface area contributed by atoms with Crippen LogP contribution in [0.15, 0.2) is 35.1 Å². The van der Waals surface area contributed by atoms with E-state index in [1.165, 1.54) is 6.42 Å². The van der Waals surface area contributed by atoms with Crippen LogP contribution in [0.3, 0.4) is 0 Å². The van der Waals surface area contributed by atoms with Gasteiger partial charge in [0.15, 0.2) is 0 Å². The first-order valence-corrected chi connectivity index (χ1v) is 12.3. The topological polar surface area (TPSA) is 65.0 Å². The molecule has 0 bridgehead atoms. The number of fused-ring (bicyclic) bond motifs is 1. The van der Waals surface area contributed by atoms with Crippen LogP contribution < -0.4 is 10.2 Å². The first-order chi connectivity index (χ1) is 15.5. The van der Waals surface area contributed by atoms with E-state index in [0.29, 0.717) is 18.7 Å². The van der Waals surface area contributed by atoms with Crippen LogP contribution in [0, 0.1) is 19.3 Å². The van der Waals surface area contributed by atoms with Crippen molar-refractivity contribution in [1.82, 2.24) is 10.3 Å². The number of nitrogens with zero attached hydrogens (tertiary/aromatic N) is 3. The maximum absolute atomic E-state index is 13.9. The molecule has 1 N–H and O–H groups in total. The van der Waals surface area contributed by atoms with Crippen molar-refractivity contribution in [2.75, 3.05) is 11.4 Å². The number of piperazine rings is 1. The molecule has 2 heterocycles. The Hall–Kier alpha value is -2.63. The summed E-state index contributed by atoms with van der Waals surface area (Å²) in [7, 11) is 0. The number of benzene rings is 1. The largest absolute Gasteiger partial charge is 0.351 e. The van der Waals surface area contributed by atoms with Gasteiger partial charge in [-0.25, -0.2) is 0 Å². The standard InChI is InChI=1S/C27H38N4O2/c1-18-12-13-21(16-19(18)2)31-24(32)22-14-15-23(26(3,4)5)29-30(22)17-27(31,6)25(33)28-20-10-8-7-9-11-20/h12-14,16,20H,7-11,15,17H2,1-6H3,(H,28,33). The van der Waals surface area contributed by atoms with Gasteiger partial charge in [-0.2, -0.15) is 5.10 Å². The molecule has 2 aliphatic heterocycles. The number of anilines is 1. The second-order valence-electron chi connectivity index (χ2n) is 11.1. The SMILES string of the molecule is Cc1ccc(N2C(=O)C3=CCC(C(C)(C)C)=NN3CC2(C)C(=O)NC2CCCCC2)cc1C. The molecule has 3 aliphatic rings. The van der Waals surface area contributed by atoms with Crippen LogP contribution in [0.2, 0.25) is 0 Å². The third-order valence-electron chi connectivity index (χ3n) is 7.43. The van der Waals surface area contributed by atoms with Gasteiger partial charge in [0, 0.05) is 29.3 Å². The van der Waals surface area contributed by atoms with Crippen LogP contribution >= 0.6 is 0 Å². The van der Waals surface area contributed by atoms with Crippen LogP contribution in [0.25, 0.3) is 0 Å². The fourth-order valence-electron chi connectivity index (χ4n) is 5.04. The van der Waals surface area contributed by atoms with E-state index in [1.807, 2.05) is 38.1 Å². The molecule has 1 saturated carbocycles. The van der Waals surface area contributed by atoms with Gasteiger partial charge in [-0.3, -0.25) is 19.5 Å². The molecule has 2 amide bonds. The highest BCUT2D eigenvalue weighted by atomic mass is 16.2. The van der Waals surface area contributed by atoms with Crippen LogP contribution in [0.1, 0.15) is 77.3 Å². The smallest absolute Gasteiger partial charge is 0.277 e. The molecule has 6 nitrogen and oxygen atoms in total. The van der Waals surface area contributed by atoms with Gasteiger partial charge in [-0.05, 0) is 62.9 Å². The minimum absolute atomic E-state index is 0.0990. The number of hydrogen-bond acceptors (Lipinski definition) is 4. The summed E-state index contributed by atoms with van der Waals surface area (Å²) in [5, 5.41) is 9.92. The van der Waals surface area contributed by atoms with Crippen molar-refractivity contribution in [2.45, 2.75) is 91.6 Å². The summed E-state index contributed by atoms with van der Waals surface area (Å²) in [6.45, 7) is 12.7. The van der Waals surface area contributed by atoms with E-state index in [-0.39, 0.29) is 23.3 Å². The fraction of sp³-hybridized carbons (Fsp3) is 0.593. The number of nitrogens with one attached hydrogen (secondary N) is 1. The van der Waals surface area contributed by atoms with Gasteiger partial charge in [-0.1, -0.05) is 46.1 Å². The number of hydrogen-bond donors (Lipinski definition) is 1. The first-order valence-electron chi connectivity index (χ1n) is 12.3. The third-order valence-corrected chi connectivity index (χ3v) is 7.43. The number of carbonyl (C=O) groups excluding carboxylic acids is 2. The van der Waals surface area contributed by atoms with Crippen molar-refractivity contribution in [3.63, 3.8) is 0 Å². The zero-order chi connectivity index (χ0) is 24.0. The number of amides is 2. The Kier molecular flexibility index (Phi) is 6.14. The highest BCUT2D eigenvalue weighted by Gasteiger charge is 2.51. The molecular formula is C27H38N4O2. The summed E-state index contributed by atoms with van der Waals surface area (Å²) < 4.78 is 0. The highest BCUT2D eigenvalue weighted by molar-refractivity contribution is 6.13. The summed E-state index contributed by atoms with van der Waals surface area (Å²) in [4.78, 5) is 29.4. The quantitative estimate of drug-likeness (QED) is 0.716. The molecule has 2 fully saturated rings. The fourth-order valence-corrected chi connectivity index (χ4v) is 5.04. The number of aryl methyl sites for hydroxylation is 2. The van der Waals surface area contributed by atoms with E-state index >= 15 is 0 Å². The van der Waals surface area contributed by atoms with Crippen molar-refractivity contribution >= 4 is 23.2 Å².